The first-order chi connectivity index (χ1) is 9.62. The van der Waals surface area contributed by atoms with Crippen molar-refractivity contribution in [2.24, 2.45) is 0 Å². The highest BCUT2D eigenvalue weighted by molar-refractivity contribution is 7.89. The van der Waals surface area contributed by atoms with Gasteiger partial charge in [-0.2, -0.15) is 4.31 Å². The zero-order valence-corrected chi connectivity index (χ0v) is 14.5. The molecule has 1 aliphatic heterocycles. The van der Waals surface area contributed by atoms with E-state index in [0.29, 0.717) is 18.0 Å². The molecule has 1 fully saturated rings. The van der Waals surface area contributed by atoms with Crippen LogP contribution in [0.15, 0.2) is 23.1 Å². The summed E-state index contributed by atoms with van der Waals surface area (Å²) in [6, 6.07) is 5.71. The molecular formula is C16H26N2O2S. The van der Waals surface area contributed by atoms with Gasteiger partial charge in [-0.25, -0.2) is 8.42 Å². The Labute approximate surface area is 128 Å². The van der Waals surface area contributed by atoms with E-state index in [4.69, 9.17) is 0 Å². The van der Waals surface area contributed by atoms with E-state index in [1.807, 2.05) is 26.1 Å². The first-order valence-electron chi connectivity index (χ1n) is 7.42. The van der Waals surface area contributed by atoms with Crippen LogP contribution in [0.3, 0.4) is 0 Å². The van der Waals surface area contributed by atoms with Gasteiger partial charge < -0.3 is 4.90 Å². The highest BCUT2D eigenvalue weighted by Gasteiger charge is 2.29. The van der Waals surface area contributed by atoms with Gasteiger partial charge in [-0.1, -0.05) is 32.9 Å². The van der Waals surface area contributed by atoms with E-state index in [-0.39, 0.29) is 5.41 Å². The summed E-state index contributed by atoms with van der Waals surface area (Å²) in [5, 5.41) is 0. The summed E-state index contributed by atoms with van der Waals surface area (Å²) in [7, 11) is -1.35. The van der Waals surface area contributed by atoms with Crippen LogP contribution in [-0.2, 0) is 15.4 Å². The molecule has 1 aliphatic rings. The zero-order valence-electron chi connectivity index (χ0n) is 13.7. The Balaban J connectivity index is 2.33. The molecule has 0 aromatic heterocycles. The first-order valence-corrected chi connectivity index (χ1v) is 8.86. The Bertz CT molecular complexity index is 610. The standard InChI is InChI=1S/C16H26N2O2S/c1-13-12-14(16(2,3)4)6-7-15(13)21(19,20)18-10-8-17(5)9-11-18/h6-7,12H,8-11H2,1-5H3. The van der Waals surface area contributed by atoms with Gasteiger partial charge in [0.05, 0.1) is 4.90 Å². The first kappa shape index (κ1) is 16.5. The molecule has 0 saturated carbocycles. The van der Waals surface area contributed by atoms with Crippen molar-refractivity contribution in [1.29, 1.82) is 0 Å². The van der Waals surface area contributed by atoms with Crippen LogP contribution in [0.25, 0.3) is 0 Å². The molecule has 0 spiro atoms. The second-order valence-corrected chi connectivity index (χ2v) is 8.84. The van der Waals surface area contributed by atoms with Gasteiger partial charge in [0.25, 0.3) is 0 Å². The van der Waals surface area contributed by atoms with Gasteiger partial charge in [0.1, 0.15) is 0 Å². The highest BCUT2D eigenvalue weighted by atomic mass is 32.2. The molecule has 0 amide bonds. The largest absolute Gasteiger partial charge is 0.304 e. The molecule has 21 heavy (non-hydrogen) atoms. The van der Waals surface area contributed by atoms with Gasteiger partial charge in [-0.15, -0.1) is 0 Å². The average molecular weight is 310 g/mol. The topological polar surface area (TPSA) is 40.6 Å². The number of sulfonamides is 1. The van der Waals surface area contributed by atoms with Crippen molar-refractivity contribution in [2.45, 2.75) is 38.0 Å². The Morgan fingerprint density at radius 2 is 1.62 bits per heavy atom. The Kier molecular flexibility index (Phi) is 4.47. The summed E-state index contributed by atoms with van der Waals surface area (Å²) < 4.78 is 27.2. The molecule has 0 bridgehead atoms. The smallest absolute Gasteiger partial charge is 0.243 e. The van der Waals surface area contributed by atoms with E-state index in [1.165, 1.54) is 0 Å². The highest BCUT2D eigenvalue weighted by Crippen LogP contribution is 2.27. The molecule has 0 aliphatic carbocycles. The molecule has 0 N–H and O–H groups in total. The summed E-state index contributed by atoms with van der Waals surface area (Å²) >= 11 is 0. The van der Waals surface area contributed by atoms with Crippen molar-refractivity contribution < 1.29 is 8.42 Å². The maximum absolute atomic E-state index is 12.8. The Morgan fingerprint density at radius 1 is 1.05 bits per heavy atom. The number of hydrogen-bond donors (Lipinski definition) is 0. The number of benzene rings is 1. The van der Waals surface area contributed by atoms with Crippen molar-refractivity contribution >= 4 is 10.0 Å². The van der Waals surface area contributed by atoms with Gasteiger partial charge in [0.15, 0.2) is 0 Å². The van der Waals surface area contributed by atoms with E-state index in [2.05, 4.69) is 25.7 Å². The van der Waals surface area contributed by atoms with Gasteiger partial charge in [-0.05, 0) is 36.6 Å². The second-order valence-electron chi connectivity index (χ2n) is 6.94. The number of likely N-dealkylation sites (N-methyl/N-ethyl adjacent to an activating group) is 1. The lowest BCUT2D eigenvalue weighted by Crippen LogP contribution is -2.47. The van der Waals surface area contributed by atoms with E-state index < -0.39 is 10.0 Å². The third-order valence-electron chi connectivity index (χ3n) is 4.12. The predicted octanol–water partition coefficient (Wildman–Crippen LogP) is 2.23. The normalized spacial score (nSPS) is 18.9. The van der Waals surface area contributed by atoms with E-state index in [9.17, 15) is 8.42 Å². The molecule has 118 valence electrons. The van der Waals surface area contributed by atoms with Gasteiger partial charge in [-0.3, -0.25) is 0 Å². The van der Waals surface area contributed by atoms with Crippen LogP contribution in [-0.4, -0.2) is 50.8 Å². The fraction of sp³-hybridized carbons (Fsp3) is 0.625. The molecule has 2 rings (SSSR count). The fourth-order valence-corrected chi connectivity index (χ4v) is 4.20. The van der Waals surface area contributed by atoms with E-state index in [0.717, 1.165) is 24.2 Å². The third kappa shape index (κ3) is 3.47. The number of rotatable bonds is 2. The van der Waals surface area contributed by atoms with Crippen molar-refractivity contribution in [3.63, 3.8) is 0 Å². The molecule has 1 aromatic carbocycles. The van der Waals surface area contributed by atoms with Crippen LogP contribution >= 0.6 is 0 Å². The summed E-state index contributed by atoms with van der Waals surface area (Å²) in [5.74, 6) is 0. The Morgan fingerprint density at radius 3 is 2.10 bits per heavy atom. The number of aryl methyl sites for hydroxylation is 1. The van der Waals surface area contributed by atoms with E-state index >= 15 is 0 Å². The summed E-state index contributed by atoms with van der Waals surface area (Å²) in [6.45, 7) is 11.0. The predicted molar refractivity (Wildman–Crippen MR) is 86.1 cm³/mol. The summed E-state index contributed by atoms with van der Waals surface area (Å²) in [4.78, 5) is 2.60. The van der Waals surface area contributed by atoms with Gasteiger partial charge in [0.2, 0.25) is 10.0 Å². The summed E-state index contributed by atoms with van der Waals surface area (Å²) in [5.41, 5.74) is 2.03. The molecule has 4 nitrogen and oxygen atoms in total. The minimum atomic E-state index is -3.37. The number of nitrogens with zero attached hydrogens (tertiary/aromatic N) is 2. The average Bonchev–Trinajstić information content (AvgIpc) is 2.37. The third-order valence-corrected chi connectivity index (χ3v) is 6.18. The molecule has 1 heterocycles. The zero-order chi connectivity index (χ0) is 15.8. The van der Waals surface area contributed by atoms with E-state index in [1.54, 1.807) is 10.4 Å². The fourth-order valence-electron chi connectivity index (χ4n) is 2.57. The monoisotopic (exact) mass is 310 g/mol. The molecule has 0 atom stereocenters. The summed E-state index contributed by atoms with van der Waals surface area (Å²) in [6.07, 6.45) is 0. The van der Waals surface area contributed by atoms with Crippen molar-refractivity contribution in [1.82, 2.24) is 9.21 Å². The second kappa shape index (κ2) is 5.71. The lowest BCUT2D eigenvalue weighted by Gasteiger charge is -2.32. The molecule has 1 aromatic rings. The van der Waals surface area contributed by atoms with Crippen LogP contribution in [0.4, 0.5) is 0 Å². The van der Waals surface area contributed by atoms with Crippen LogP contribution in [0, 0.1) is 6.92 Å². The van der Waals surface area contributed by atoms with Gasteiger partial charge >= 0.3 is 0 Å². The Hall–Kier alpha value is -0.910. The minimum Gasteiger partial charge on any atom is -0.304 e. The molecule has 5 heteroatoms. The van der Waals surface area contributed by atoms with Crippen LogP contribution in [0.2, 0.25) is 0 Å². The van der Waals surface area contributed by atoms with Crippen LogP contribution in [0.5, 0.6) is 0 Å². The lowest BCUT2D eigenvalue weighted by atomic mass is 9.86. The quantitative estimate of drug-likeness (QED) is 0.841. The number of hydrogen-bond acceptors (Lipinski definition) is 3. The van der Waals surface area contributed by atoms with Crippen molar-refractivity contribution in [3.05, 3.63) is 29.3 Å². The molecular weight excluding hydrogens is 284 g/mol. The van der Waals surface area contributed by atoms with Crippen molar-refractivity contribution in [3.8, 4) is 0 Å². The lowest BCUT2D eigenvalue weighted by molar-refractivity contribution is 0.222. The van der Waals surface area contributed by atoms with Crippen molar-refractivity contribution in [2.75, 3.05) is 33.2 Å². The van der Waals surface area contributed by atoms with Gasteiger partial charge in [0, 0.05) is 26.2 Å². The van der Waals surface area contributed by atoms with Crippen LogP contribution < -0.4 is 0 Å². The maximum Gasteiger partial charge on any atom is 0.243 e. The molecule has 0 unspecified atom stereocenters. The maximum atomic E-state index is 12.8. The SMILES string of the molecule is Cc1cc(C(C)(C)C)ccc1S(=O)(=O)N1CCN(C)CC1. The minimum absolute atomic E-state index is 0.0287. The molecule has 1 saturated heterocycles. The molecule has 0 radical (unpaired) electrons. The van der Waals surface area contributed by atoms with Crippen LogP contribution in [0.1, 0.15) is 31.9 Å². The number of piperazine rings is 1.